The minimum Gasteiger partial charge on any atom is -0.462 e. The minimum absolute atomic E-state index is 0.0694. The van der Waals surface area contributed by atoms with Gasteiger partial charge in [0.1, 0.15) is 0 Å². The molecule has 190 valence electrons. The van der Waals surface area contributed by atoms with Crippen molar-refractivity contribution < 1.29 is 19.1 Å². The number of thioether (sulfide) groups is 1. The Kier molecular flexibility index (Phi) is 9.63. The van der Waals surface area contributed by atoms with Gasteiger partial charge in [-0.15, -0.1) is 10.2 Å². The number of carbonyl (C=O) groups is 3. The van der Waals surface area contributed by atoms with Crippen LogP contribution < -0.4 is 10.6 Å². The van der Waals surface area contributed by atoms with Crippen LogP contribution in [-0.4, -0.2) is 44.9 Å². The van der Waals surface area contributed by atoms with Gasteiger partial charge in [-0.3, -0.25) is 9.59 Å². The molecule has 0 aliphatic rings. The Balaban J connectivity index is 1.67. The molecule has 0 aliphatic heterocycles. The van der Waals surface area contributed by atoms with Gasteiger partial charge in [-0.25, -0.2) is 4.79 Å². The van der Waals surface area contributed by atoms with Gasteiger partial charge in [-0.1, -0.05) is 49.9 Å². The molecule has 0 bridgehead atoms. The fourth-order valence-corrected chi connectivity index (χ4v) is 4.35. The second kappa shape index (κ2) is 12.9. The van der Waals surface area contributed by atoms with Gasteiger partial charge in [0.2, 0.25) is 5.91 Å². The summed E-state index contributed by atoms with van der Waals surface area (Å²) in [6, 6.07) is 15.3. The Morgan fingerprint density at radius 3 is 2.39 bits per heavy atom. The molecule has 2 N–H and O–H groups in total. The highest BCUT2D eigenvalue weighted by atomic mass is 32.2. The molecular weight excluding hydrogens is 478 g/mol. The van der Waals surface area contributed by atoms with Crippen molar-refractivity contribution in [3.8, 4) is 0 Å². The molecule has 3 rings (SSSR count). The van der Waals surface area contributed by atoms with Gasteiger partial charge in [0.05, 0.1) is 24.0 Å². The first-order chi connectivity index (χ1) is 17.3. The minimum atomic E-state index is -0.439. The van der Waals surface area contributed by atoms with Gasteiger partial charge in [0.15, 0.2) is 11.0 Å². The van der Waals surface area contributed by atoms with Crippen LogP contribution in [0.4, 0.5) is 5.69 Å². The molecule has 9 nitrogen and oxygen atoms in total. The highest BCUT2D eigenvalue weighted by molar-refractivity contribution is 7.99. The molecule has 36 heavy (non-hydrogen) atoms. The lowest BCUT2D eigenvalue weighted by Crippen LogP contribution is -2.33. The van der Waals surface area contributed by atoms with Crippen LogP contribution in [0.3, 0.4) is 0 Å². The van der Waals surface area contributed by atoms with Gasteiger partial charge >= 0.3 is 5.97 Å². The number of anilines is 1. The highest BCUT2D eigenvalue weighted by Crippen LogP contribution is 2.26. The molecule has 2 aromatic carbocycles. The number of benzene rings is 2. The quantitative estimate of drug-likeness (QED) is 0.292. The van der Waals surface area contributed by atoms with Crippen molar-refractivity contribution in [1.29, 1.82) is 0 Å². The number of ether oxygens (including phenoxy) is 1. The average Bonchev–Trinajstić information content (AvgIpc) is 3.29. The molecule has 0 spiro atoms. The van der Waals surface area contributed by atoms with E-state index in [9.17, 15) is 14.4 Å². The van der Waals surface area contributed by atoms with Crippen molar-refractivity contribution in [1.82, 2.24) is 20.1 Å². The largest absolute Gasteiger partial charge is 0.462 e. The van der Waals surface area contributed by atoms with Crippen molar-refractivity contribution in [2.24, 2.45) is 5.92 Å². The SMILES string of the molecule is CCOC(=O)c1cccc(NC(=O)CSc2nnc([C@@H](NC(=O)c3ccccc3)C(C)C)n2CC)c1. The van der Waals surface area contributed by atoms with Crippen LogP contribution in [0.2, 0.25) is 0 Å². The highest BCUT2D eigenvalue weighted by Gasteiger charge is 2.26. The first-order valence-electron chi connectivity index (χ1n) is 11.8. The summed E-state index contributed by atoms with van der Waals surface area (Å²) in [6.07, 6.45) is 0. The zero-order valence-electron chi connectivity index (χ0n) is 20.9. The smallest absolute Gasteiger partial charge is 0.338 e. The molecule has 0 saturated heterocycles. The van der Waals surface area contributed by atoms with Gasteiger partial charge in [-0.2, -0.15) is 0 Å². The summed E-state index contributed by atoms with van der Waals surface area (Å²) < 4.78 is 6.92. The molecule has 2 amide bonds. The second-order valence-electron chi connectivity index (χ2n) is 8.28. The Morgan fingerprint density at radius 2 is 1.72 bits per heavy atom. The van der Waals surface area contributed by atoms with Crippen LogP contribution in [-0.2, 0) is 16.1 Å². The molecule has 0 fully saturated rings. The number of nitrogens with one attached hydrogen (secondary N) is 2. The summed E-state index contributed by atoms with van der Waals surface area (Å²) in [6.45, 7) is 8.58. The topological polar surface area (TPSA) is 115 Å². The van der Waals surface area contributed by atoms with E-state index in [1.165, 1.54) is 11.8 Å². The molecule has 0 unspecified atom stereocenters. The van der Waals surface area contributed by atoms with Gasteiger partial charge in [-0.05, 0) is 50.1 Å². The van der Waals surface area contributed by atoms with Gasteiger partial charge in [0, 0.05) is 17.8 Å². The van der Waals surface area contributed by atoms with Crippen LogP contribution in [0.25, 0.3) is 0 Å². The molecule has 0 radical (unpaired) electrons. The summed E-state index contributed by atoms with van der Waals surface area (Å²) in [7, 11) is 0. The number of hydrogen-bond acceptors (Lipinski definition) is 7. The third kappa shape index (κ3) is 6.94. The summed E-state index contributed by atoms with van der Waals surface area (Å²) in [4.78, 5) is 37.3. The van der Waals surface area contributed by atoms with E-state index in [-0.39, 0.29) is 36.1 Å². The van der Waals surface area contributed by atoms with Crippen molar-refractivity contribution in [2.45, 2.75) is 45.4 Å². The van der Waals surface area contributed by atoms with Gasteiger partial charge in [0.25, 0.3) is 5.91 Å². The number of aromatic nitrogens is 3. The lowest BCUT2D eigenvalue weighted by Gasteiger charge is -2.22. The first-order valence-corrected chi connectivity index (χ1v) is 12.8. The standard InChI is InChI=1S/C26H31N5O4S/c1-5-31-23(22(17(3)4)28-24(33)18-11-8-7-9-12-18)29-30-26(31)36-16-21(32)27-20-14-10-13-19(15-20)25(34)35-6-2/h7-15,17,22H,5-6,16H2,1-4H3,(H,27,32)(H,28,33)/t22-/m0/s1. The fourth-order valence-electron chi connectivity index (χ4n) is 3.54. The van der Waals surface area contributed by atoms with Crippen LogP contribution in [0.5, 0.6) is 0 Å². The lowest BCUT2D eigenvalue weighted by atomic mass is 10.0. The van der Waals surface area contributed by atoms with Crippen molar-refractivity contribution in [2.75, 3.05) is 17.7 Å². The van der Waals surface area contributed by atoms with E-state index in [4.69, 9.17) is 4.74 Å². The van der Waals surface area contributed by atoms with Crippen LogP contribution in [0.1, 0.15) is 60.3 Å². The zero-order valence-corrected chi connectivity index (χ0v) is 21.7. The molecule has 1 heterocycles. The van der Waals surface area contributed by atoms with Crippen LogP contribution in [0.15, 0.2) is 59.8 Å². The second-order valence-corrected chi connectivity index (χ2v) is 9.23. The zero-order chi connectivity index (χ0) is 26.1. The number of rotatable bonds is 11. The molecule has 0 saturated carbocycles. The van der Waals surface area contributed by atoms with Crippen molar-refractivity contribution in [3.05, 3.63) is 71.5 Å². The number of carbonyl (C=O) groups excluding carboxylic acids is 3. The van der Waals surface area contributed by atoms with Crippen LogP contribution in [0, 0.1) is 5.92 Å². The van der Waals surface area contributed by atoms with Crippen LogP contribution >= 0.6 is 11.8 Å². The van der Waals surface area contributed by atoms with E-state index >= 15 is 0 Å². The number of esters is 1. The molecule has 1 atom stereocenters. The maximum absolute atomic E-state index is 12.8. The van der Waals surface area contributed by atoms with Crippen molar-refractivity contribution >= 4 is 35.2 Å². The predicted molar refractivity (Wildman–Crippen MR) is 139 cm³/mol. The summed E-state index contributed by atoms with van der Waals surface area (Å²) in [5, 5.41) is 15.1. The monoisotopic (exact) mass is 509 g/mol. The van der Waals surface area contributed by atoms with Crippen molar-refractivity contribution in [3.63, 3.8) is 0 Å². The molecular formula is C26H31N5O4S. The van der Waals surface area contributed by atoms with E-state index in [0.29, 0.717) is 34.3 Å². The summed E-state index contributed by atoms with van der Waals surface area (Å²) in [5.74, 6) is -0.0539. The third-order valence-corrected chi connectivity index (χ3v) is 6.29. The Hall–Kier alpha value is -3.66. The van der Waals surface area contributed by atoms with E-state index in [1.54, 1.807) is 43.3 Å². The molecule has 0 aliphatic carbocycles. The van der Waals surface area contributed by atoms with E-state index in [0.717, 1.165) is 0 Å². The molecule has 10 heteroatoms. The lowest BCUT2D eigenvalue weighted by molar-refractivity contribution is -0.113. The van der Waals surface area contributed by atoms with E-state index in [1.807, 2.05) is 43.5 Å². The number of amides is 2. The van der Waals surface area contributed by atoms with Gasteiger partial charge < -0.3 is 19.9 Å². The molecule has 1 aromatic heterocycles. The Morgan fingerprint density at radius 1 is 1.00 bits per heavy atom. The maximum Gasteiger partial charge on any atom is 0.338 e. The number of nitrogens with zero attached hydrogens (tertiary/aromatic N) is 3. The maximum atomic E-state index is 12.8. The summed E-state index contributed by atoms with van der Waals surface area (Å²) >= 11 is 1.26. The Bertz CT molecular complexity index is 1200. The normalized spacial score (nSPS) is 11.7. The average molecular weight is 510 g/mol. The summed E-state index contributed by atoms with van der Waals surface area (Å²) in [5.41, 5.74) is 1.45. The molecule has 3 aromatic rings. The van der Waals surface area contributed by atoms with E-state index in [2.05, 4.69) is 20.8 Å². The van der Waals surface area contributed by atoms with E-state index < -0.39 is 5.97 Å². The fraction of sp³-hybridized carbons (Fsp3) is 0.346. The number of hydrogen-bond donors (Lipinski definition) is 2. The Labute approximate surface area is 215 Å². The first kappa shape index (κ1) is 26.9. The third-order valence-electron chi connectivity index (χ3n) is 5.32. The predicted octanol–water partition coefficient (Wildman–Crippen LogP) is 4.33.